The van der Waals surface area contributed by atoms with E-state index in [9.17, 15) is 9.59 Å². The zero-order chi connectivity index (χ0) is 20.8. The summed E-state index contributed by atoms with van der Waals surface area (Å²) in [5.41, 5.74) is 2.29. The van der Waals surface area contributed by atoms with Crippen LogP contribution in [0.3, 0.4) is 0 Å². The van der Waals surface area contributed by atoms with Gasteiger partial charge >= 0.3 is 0 Å². The maximum atomic E-state index is 13.2. The molecule has 0 bridgehead atoms. The van der Waals surface area contributed by atoms with Crippen LogP contribution in [0.25, 0.3) is 0 Å². The van der Waals surface area contributed by atoms with Crippen molar-refractivity contribution >= 4 is 33.4 Å². The minimum Gasteiger partial charge on any atom is -0.383 e. The predicted octanol–water partition coefficient (Wildman–Crippen LogP) is 3.35. The van der Waals surface area contributed by atoms with Crippen molar-refractivity contribution in [2.24, 2.45) is 5.92 Å². The van der Waals surface area contributed by atoms with Crippen molar-refractivity contribution in [3.63, 3.8) is 0 Å². The highest BCUT2D eigenvalue weighted by molar-refractivity contribution is 9.10. The number of benzene rings is 2. The summed E-state index contributed by atoms with van der Waals surface area (Å²) in [5.74, 6) is -0.514. The van der Waals surface area contributed by atoms with Crippen LogP contribution in [-0.4, -0.2) is 43.5 Å². The van der Waals surface area contributed by atoms with Gasteiger partial charge in [-0.3, -0.25) is 9.59 Å². The van der Waals surface area contributed by atoms with E-state index in [4.69, 9.17) is 10.00 Å². The molecule has 150 valence electrons. The van der Waals surface area contributed by atoms with Gasteiger partial charge in [0, 0.05) is 37.6 Å². The van der Waals surface area contributed by atoms with Crippen molar-refractivity contribution in [3.8, 4) is 6.07 Å². The molecule has 2 aromatic carbocycles. The highest BCUT2D eigenvalue weighted by Gasteiger charge is 2.37. The first-order valence-electron chi connectivity index (χ1n) is 9.35. The van der Waals surface area contributed by atoms with Crippen LogP contribution in [0.5, 0.6) is 0 Å². The van der Waals surface area contributed by atoms with Crippen molar-refractivity contribution in [2.75, 3.05) is 31.7 Å². The molecule has 1 saturated heterocycles. The van der Waals surface area contributed by atoms with Gasteiger partial charge in [-0.2, -0.15) is 5.26 Å². The van der Waals surface area contributed by atoms with E-state index in [0.29, 0.717) is 31.8 Å². The monoisotopic (exact) mass is 455 g/mol. The number of carbonyl (C=O) groups is 2. The fourth-order valence-corrected chi connectivity index (χ4v) is 3.91. The molecule has 1 aliphatic rings. The number of hydrogen-bond acceptors (Lipinski definition) is 4. The molecule has 0 radical (unpaired) electrons. The Morgan fingerprint density at radius 3 is 2.66 bits per heavy atom. The summed E-state index contributed by atoms with van der Waals surface area (Å²) in [6.07, 6.45) is 0.191. The van der Waals surface area contributed by atoms with Crippen LogP contribution in [0, 0.1) is 17.2 Å². The lowest BCUT2D eigenvalue weighted by molar-refractivity contribution is -0.137. The van der Waals surface area contributed by atoms with E-state index >= 15 is 0 Å². The number of hydrogen-bond donors (Lipinski definition) is 0. The van der Waals surface area contributed by atoms with E-state index < -0.39 is 5.92 Å². The third-order valence-corrected chi connectivity index (χ3v) is 5.62. The average Bonchev–Trinajstić information content (AvgIpc) is 3.12. The Bertz CT molecular complexity index is 924. The summed E-state index contributed by atoms with van der Waals surface area (Å²) in [7, 11) is 1.60. The quantitative estimate of drug-likeness (QED) is 0.641. The van der Waals surface area contributed by atoms with Crippen LogP contribution in [0.4, 0.5) is 5.69 Å². The number of anilines is 1. The first kappa shape index (κ1) is 21.0. The largest absolute Gasteiger partial charge is 0.383 e. The van der Waals surface area contributed by atoms with Gasteiger partial charge in [0.05, 0.1) is 29.8 Å². The minimum atomic E-state index is -0.398. The number of ether oxygens (including phenoxy) is 1. The number of amides is 2. The molecule has 1 heterocycles. The molecular weight excluding hydrogens is 434 g/mol. The van der Waals surface area contributed by atoms with Crippen molar-refractivity contribution in [1.29, 1.82) is 5.26 Å². The summed E-state index contributed by atoms with van der Waals surface area (Å²) in [6, 6.07) is 16.8. The van der Waals surface area contributed by atoms with E-state index in [1.165, 1.54) is 0 Å². The molecule has 2 amide bonds. The molecule has 3 rings (SSSR count). The molecule has 2 aromatic rings. The fraction of sp³-hybridized carbons (Fsp3) is 0.318. The smallest absolute Gasteiger partial charge is 0.228 e. The van der Waals surface area contributed by atoms with Crippen molar-refractivity contribution < 1.29 is 14.3 Å². The molecule has 1 fully saturated rings. The normalized spacial score (nSPS) is 16.0. The Balaban J connectivity index is 1.74. The zero-order valence-electron chi connectivity index (χ0n) is 16.2. The van der Waals surface area contributed by atoms with E-state index in [2.05, 4.69) is 22.0 Å². The van der Waals surface area contributed by atoms with Gasteiger partial charge in [-0.15, -0.1) is 0 Å². The number of halogens is 1. The van der Waals surface area contributed by atoms with Crippen LogP contribution in [0.15, 0.2) is 53.0 Å². The number of nitriles is 1. The third-order valence-electron chi connectivity index (χ3n) is 4.95. The van der Waals surface area contributed by atoms with E-state index in [-0.39, 0.29) is 18.2 Å². The van der Waals surface area contributed by atoms with Crippen LogP contribution in [-0.2, 0) is 20.9 Å². The fourth-order valence-electron chi connectivity index (χ4n) is 3.41. The summed E-state index contributed by atoms with van der Waals surface area (Å²) in [6.45, 7) is 1.62. The number of rotatable bonds is 7. The third kappa shape index (κ3) is 5.03. The Labute approximate surface area is 178 Å². The van der Waals surface area contributed by atoms with E-state index in [1.54, 1.807) is 29.0 Å². The summed E-state index contributed by atoms with van der Waals surface area (Å²) >= 11 is 3.48. The number of nitrogens with zero attached hydrogens (tertiary/aromatic N) is 3. The number of para-hydroxylation sites is 1. The average molecular weight is 456 g/mol. The zero-order valence-corrected chi connectivity index (χ0v) is 17.8. The lowest BCUT2D eigenvalue weighted by atomic mass is 10.1. The maximum absolute atomic E-state index is 13.2. The van der Waals surface area contributed by atoms with Crippen LogP contribution in [0.1, 0.15) is 17.5 Å². The molecule has 1 unspecified atom stereocenters. The van der Waals surface area contributed by atoms with Crippen LogP contribution in [0.2, 0.25) is 0 Å². The summed E-state index contributed by atoms with van der Waals surface area (Å²) in [5, 5.41) is 8.95. The minimum absolute atomic E-state index is 0.0553. The van der Waals surface area contributed by atoms with Crippen molar-refractivity contribution in [3.05, 3.63) is 64.1 Å². The highest BCUT2D eigenvalue weighted by atomic mass is 79.9. The molecule has 7 heteroatoms. The molecule has 0 N–H and O–H groups in total. The number of methoxy groups -OCH3 is 1. The molecule has 6 nitrogen and oxygen atoms in total. The second kappa shape index (κ2) is 9.68. The molecule has 0 spiro atoms. The Hall–Kier alpha value is -2.69. The molecule has 1 aliphatic heterocycles. The second-order valence-electron chi connectivity index (χ2n) is 6.92. The summed E-state index contributed by atoms with van der Waals surface area (Å²) < 4.78 is 6.00. The Morgan fingerprint density at radius 2 is 2.00 bits per heavy atom. The Kier molecular flexibility index (Phi) is 7.02. The molecule has 1 atom stereocenters. The summed E-state index contributed by atoms with van der Waals surface area (Å²) in [4.78, 5) is 29.2. The first-order chi connectivity index (χ1) is 14.0. The lowest BCUT2D eigenvalue weighted by Gasteiger charge is -2.26. The van der Waals surface area contributed by atoms with Crippen LogP contribution < -0.4 is 4.90 Å². The van der Waals surface area contributed by atoms with Gasteiger partial charge < -0.3 is 14.5 Å². The van der Waals surface area contributed by atoms with Gasteiger partial charge in [-0.25, -0.2) is 0 Å². The van der Waals surface area contributed by atoms with Gasteiger partial charge in [0.2, 0.25) is 11.8 Å². The molecular formula is C22H22BrN3O3. The van der Waals surface area contributed by atoms with Crippen molar-refractivity contribution in [1.82, 2.24) is 4.90 Å². The van der Waals surface area contributed by atoms with Gasteiger partial charge in [0.1, 0.15) is 0 Å². The van der Waals surface area contributed by atoms with Gasteiger partial charge in [-0.1, -0.05) is 24.3 Å². The number of carbonyl (C=O) groups excluding carboxylic acids is 2. The topological polar surface area (TPSA) is 73.6 Å². The second-order valence-corrected chi connectivity index (χ2v) is 7.77. The van der Waals surface area contributed by atoms with E-state index in [1.807, 2.05) is 36.4 Å². The van der Waals surface area contributed by atoms with Gasteiger partial charge in [-0.05, 0) is 45.8 Å². The van der Waals surface area contributed by atoms with Crippen molar-refractivity contribution in [2.45, 2.75) is 13.0 Å². The standard InChI is InChI=1S/C22H22BrN3O3/c1-29-11-10-25(14-17-8-6-16(13-24)7-9-17)22(28)18-12-21(27)26(15-18)20-5-3-2-4-19(20)23/h2-9,18H,10-12,14-15H2,1H3. The molecule has 0 saturated carbocycles. The first-order valence-corrected chi connectivity index (χ1v) is 10.1. The predicted molar refractivity (Wildman–Crippen MR) is 113 cm³/mol. The van der Waals surface area contributed by atoms with E-state index in [0.717, 1.165) is 15.7 Å². The maximum Gasteiger partial charge on any atom is 0.228 e. The van der Waals surface area contributed by atoms with Crippen LogP contribution >= 0.6 is 15.9 Å². The Morgan fingerprint density at radius 1 is 1.28 bits per heavy atom. The lowest BCUT2D eigenvalue weighted by Crippen LogP contribution is -2.39. The molecule has 0 aromatic heterocycles. The SMILES string of the molecule is COCCN(Cc1ccc(C#N)cc1)C(=O)C1CC(=O)N(c2ccccc2Br)C1. The van der Waals surface area contributed by atoms with Gasteiger partial charge in [0.15, 0.2) is 0 Å². The molecule has 0 aliphatic carbocycles. The highest BCUT2D eigenvalue weighted by Crippen LogP contribution is 2.32. The molecule has 29 heavy (non-hydrogen) atoms. The van der Waals surface area contributed by atoms with Gasteiger partial charge in [0.25, 0.3) is 0 Å².